The summed E-state index contributed by atoms with van der Waals surface area (Å²) < 4.78 is 0. The zero-order valence-corrected chi connectivity index (χ0v) is 8.83. The van der Waals surface area contributed by atoms with Crippen LogP contribution in [0.25, 0.3) is 0 Å². The molecule has 0 fully saturated rings. The molecule has 0 aliphatic heterocycles. The van der Waals surface area contributed by atoms with Crippen molar-refractivity contribution in [3.05, 3.63) is 34.9 Å². The second kappa shape index (κ2) is 4.59. The monoisotopic (exact) mass is 206 g/mol. The summed E-state index contributed by atoms with van der Waals surface area (Å²) in [5.41, 5.74) is 7.63. The normalized spacial score (nSPS) is 9.73. The van der Waals surface area contributed by atoms with Crippen LogP contribution in [0.15, 0.2) is 18.2 Å². The minimum absolute atomic E-state index is 0.133. The third-order valence-electron chi connectivity index (χ3n) is 2.19. The summed E-state index contributed by atoms with van der Waals surface area (Å²) >= 11 is 0. The van der Waals surface area contributed by atoms with Crippen molar-refractivity contribution in [3.8, 4) is 0 Å². The van der Waals surface area contributed by atoms with Gasteiger partial charge in [-0.25, -0.2) is 0 Å². The Bertz CT molecular complexity index is 400. The Hall–Kier alpha value is -1.84. The van der Waals surface area contributed by atoms with Crippen LogP contribution in [0, 0.1) is 13.8 Å². The Balaban J connectivity index is 2.74. The van der Waals surface area contributed by atoms with E-state index < -0.39 is 5.91 Å². The van der Waals surface area contributed by atoms with Crippen LogP contribution in [-0.4, -0.2) is 18.4 Å². The minimum atomic E-state index is -0.549. The van der Waals surface area contributed by atoms with E-state index in [1.807, 2.05) is 19.9 Å². The first-order valence-corrected chi connectivity index (χ1v) is 4.64. The molecule has 0 radical (unpaired) electrons. The number of hydrogen-bond acceptors (Lipinski definition) is 2. The van der Waals surface area contributed by atoms with Crippen LogP contribution >= 0.6 is 0 Å². The van der Waals surface area contributed by atoms with E-state index in [-0.39, 0.29) is 12.5 Å². The molecule has 0 aromatic heterocycles. The molecular formula is C11H14N2O2. The number of primary amides is 1. The molecule has 0 unspecified atom stereocenters. The van der Waals surface area contributed by atoms with Crippen LogP contribution in [0.3, 0.4) is 0 Å². The van der Waals surface area contributed by atoms with Gasteiger partial charge in [0.1, 0.15) is 0 Å². The van der Waals surface area contributed by atoms with Gasteiger partial charge in [-0.1, -0.05) is 6.07 Å². The van der Waals surface area contributed by atoms with Gasteiger partial charge in [0.2, 0.25) is 5.91 Å². The number of benzene rings is 1. The first kappa shape index (κ1) is 11.2. The SMILES string of the molecule is Cc1ccc(C(=O)NCC(N)=O)cc1C. The largest absolute Gasteiger partial charge is 0.368 e. The van der Waals surface area contributed by atoms with E-state index in [9.17, 15) is 9.59 Å². The van der Waals surface area contributed by atoms with Crippen LogP contribution < -0.4 is 11.1 Å². The quantitative estimate of drug-likeness (QED) is 0.756. The predicted molar refractivity (Wildman–Crippen MR) is 57.4 cm³/mol. The molecule has 1 rings (SSSR count). The van der Waals surface area contributed by atoms with E-state index >= 15 is 0 Å². The zero-order chi connectivity index (χ0) is 11.4. The van der Waals surface area contributed by atoms with Gasteiger partial charge >= 0.3 is 0 Å². The molecule has 2 amide bonds. The predicted octanol–water partition coefficient (Wildman–Crippen LogP) is 0.519. The highest BCUT2D eigenvalue weighted by atomic mass is 16.2. The molecule has 0 spiro atoms. The smallest absolute Gasteiger partial charge is 0.251 e. The molecule has 4 heteroatoms. The van der Waals surface area contributed by atoms with E-state index in [2.05, 4.69) is 5.32 Å². The molecule has 80 valence electrons. The van der Waals surface area contributed by atoms with Gasteiger partial charge in [-0.3, -0.25) is 9.59 Å². The topological polar surface area (TPSA) is 72.2 Å². The fourth-order valence-electron chi connectivity index (χ4n) is 1.15. The van der Waals surface area contributed by atoms with Gasteiger partial charge in [-0.05, 0) is 37.1 Å². The fourth-order valence-corrected chi connectivity index (χ4v) is 1.15. The minimum Gasteiger partial charge on any atom is -0.368 e. The summed E-state index contributed by atoms with van der Waals surface area (Å²) in [6.45, 7) is 3.77. The molecule has 0 heterocycles. The summed E-state index contributed by atoms with van der Waals surface area (Å²) in [4.78, 5) is 22.0. The Kier molecular flexibility index (Phi) is 3.44. The number of nitrogens with two attached hydrogens (primary N) is 1. The molecule has 4 nitrogen and oxygen atoms in total. The van der Waals surface area contributed by atoms with Crippen molar-refractivity contribution in [1.82, 2.24) is 5.32 Å². The summed E-state index contributed by atoms with van der Waals surface area (Å²) in [6, 6.07) is 5.37. The van der Waals surface area contributed by atoms with Crippen molar-refractivity contribution in [2.75, 3.05) is 6.54 Å². The highest BCUT2D eigenvalue weighted by molar-refractivity contribution is 5.96. The van der Waals surface area contributed by atoms with Crippen molar-refractivity contribution >= 4 is 11.8 Å². The lowest BCUT2D eigenvalue weighted by molar-refractivity contribution is -0.117. The summed E-state index contributed by atoms with van der Waals surface area (Å²) in [5, 5.41) is 2.43. The lowest BCUT2D eigenvalue weighted by atomic mass is 10.1. The molecule has 0 saturated carbocycles. The number of rotatable bonds is 3. The highest BCUT2D eigenvalue weighted by Gasteiger charge is 2.06. The van der Waals surface area contributed by atoms with E-state index in [4.69, 9.17) is 5.73 Å². The van der Waals surface area contributed by atoms with Gasteiger partial charge in [-0.2, -0.15) is 0 Å². The second-order valence-corrected chi connectivity index (χ2v) is 3.45. The first-order valence-electron chi connectivity index (χ1n) is 4.64. The fraction of sp³-hybridized carbons (Fsp3) is 0.273. The average Bonchev–Trinajstić information content (AvgIpc) is 2.18. The Morgan fingerprint density at radius 2 is 1.93 bits per heavy atom. The summed E-state index contributed by atoms with van der Waals surface area (Å²) in [5.74, 6) is -0.830. The number of carbonyl (C=O) groups excluding carboxylic acids is 2. The summed E-state index contributed by atoms with van der Waals surface area (Å²) in [7, 11) is 0. The van der Waals surface area contributed by atoms with Crippen molar-refractivity contribution in [2.24, 2.45) is 5.73 Å². The van der Waals surface area contributed by atoms with Gasteiger partial charge in [0.05, 0.1) is 6.54 Å². The number of hydrogen-bond donors (Lipinski definition) is 2. The van der Waals surface area contributed by atoms with Crippen LogP contribution in [0.1, 0.15) is 21.5 Å². The Morgan fingerprint density at radius 1 is 1.27 bits per heavy atom. The third-order valence-corrected chi connectivity index (χ3v) is 2.19. The number of carbonyl (C=O) groups is 2. The van der Waals surface area contributed by atoms with Crippen molar-refractivity contribution in [1.29, 1.82) is 0 Å². The first-order chi connectivity index (χ1) is 7.00. The number of nitrogens with one attached hydrogen (secondary N) is 1. The van der Waals surface area contributed by atoms with Crippen LogP contribution in [0.4, 0.5) is 0 Å². The number of aryl methyl sites for hydroxylation is 2. The van der Waals surface area contributed by atoms with Crippen LogP contribution in [-0.2, 0) is 4.79 Å². The van der Waals surface area contributed by atoms with Crippen molar-refractivity contribution < 1.29 is 9.59 Å². The van der Waals surface area contributed by atoms with Gasteiger partial charge < -0.3 is 11.1 Å². The van der Waals surface area contributed by atoms with Gasteiger partial charge in [0.15, 0.2) is 0 Å². The van der Waals surface area contributed by atoms with E-state index in [0.29, 0.717) is 5.56 Å². The average molecular weight is 206 g/mol. The maximum atomic E-state index is 11.5. The third kappa shape index (κ3) is 3.09. The van der Waals surface area contributed by atoms with Gasteiger partial charge in [-0.15, -0.1) is 0 Å². The lowest BCUT2D eigenvalue weighted by Crippen LogP contribution is -2.33. The standard InChI is InChI=1S/C11H14N2O2/c1-7-3-4-9(5-8(7)2)11(15)13-6-10(12)14/h3-5H,6H2,1-2H3,(H2,12,14)(H,13,15). The van der Waals surface area contributed by atoms with Crippen molar-refractivity contribution in [3.63, 3.8) is 0 Å². The maximum Gasteiger partial charge on any atom is 0.251 e. The molecule has 0 atom stereocenters. The Labute approximate surface area is 88.5 Å². The molecule has 0 aliphatic rings. The zero-order valence-electron chi connectivity index (χ0n) is 8.83. The maximum absolute atomic E-state index is 11.5. The van der Waals surface area contributed by atoms with E-state index in [0.717, 1.165) is 11.1 Å². The number of amides is 2. The van der Waals surface area contributed by atoms with Crippen LogP contribution in [0.2, 0.25) is 0 Å². The molecule has 3 N–H and O–H groups in total. The summed E-state index contributed by atoms with van der Waals surface area (Å²) in [6.07, 6.45) is 0. The van der Waals surface area contributed by atoms with Gasteiger partial charge in [0.25, 0.3) is 5.91 Å². The molecule has 1 aromatic rings. The molecule has 1 aromatic carbocycles. The highest BCUT2D eigenvalue weighted by Crippen LogP contribution is 2.09. The van der Waals surface area contributed by atoms with Crippen molar-refractivity contribution in [2.45, 2.75) is 13.8 Å². The lowest BCUT2D eigenvalue weighted by Gasteiger charge is -2.05. The molecular weight excluding hydrogens is 192 g/mol. The molecule has 0 bridgehead atoms. The van der Waals surface area contributed by atoms with E-state index in [1.165, 1.54) is 0 Å². The molecule has 15 heavy (non-hydrogen) atoms. The Morgan fingerprint density at radius 3 is 2.47 bits per heavy atom. The van der Waals surface area contributed by atoms with Crippen LogP contribution in [0.5, 0.6) is 0 Å². The molecule has 0 saturated heterocycles. The van der Waals surface area contributed by atoms with E-state index in [1.54, 1.807) is 12.1 Å². The van der Waals surface area contributed by atoms with Gasteiger partial charge in [0, 0.05) is 5.56 Å². The second-order valence-electron chi connectivity index (χ2n) is 3.45. The molecule has 0 aliphatic carbocycles.